The highest BCUT2D eigenvalue weighted by molar-refractivity contribution is 5.96. The molecule has 2 heterocycles. The summed E-state index contributed by atoms with van der Waals surface area (Å²) >= 11 is 0. The quantitative estimate of drug-likeness (QED) is 0.425. The van der Waals surface area contributed by atoms with Crippen LogP contribution in [0.15, 0.2) is 35.3 Å². The van der Waals surface area contributed by atoms with Gasteiger partial charge in [0.1, 0.15) is 6.04 Å². The fourth-order valence-electron chi connectivity index (χ4n) is 2.50. The van der Waals surface area contributed by atoms with Gasteiger partial charge in [0.2, 0.25) is 5.95 Å². The molecule has 0 saturated heterocycles. The van der Waals surface area contributed by atoms with Gasteiger partial charge < -0.3 is 21.1 Å². The number of nitrogens with one attached hydrogen (secondary N) is 3. The average molecular weight is 397 g/mol. The van der Waals surface area contributed by atoms with Gasteiger partial charge in [-0.15, -0.1) is 0 Å². The lowest BCUT2D eigenvalue weighted by Gasteiger charge is -2.12. The first-order chi connectivity index (χ1) is 13.9. The summed E-state index contributed by atoms with van der Waals surface area (Å²) in [5.74, 6) is -0.932. The van der Waals surface area contributed by atoms with Crippen LogP contribution in [0.3, 0.4) is 0 Å². The normalized spacial score (nSPS) is 11.7. The van der Waals surface area contributed by atoms with E-state index < -0.39 is 17.6 Å². The second-order valence-electron chi connectivity index (χ2n) is 6.13. The molecule has 11 heteroatoms. The highest BCUT2D eigenvalue weighted by Crippen LogP contribution is 2.12. The molecule has 0 spiro atoms. The Bertz CT molecular complexity index is 1110. The van der Waals surface area contributed by atoms with Gasteiger partial charge in [-0.2, -0.15) is 4.98 Å². The lowest BCUT2D eigenvalue weighted by Crippen LogP contribution is -2.39. The van der Waals surface area contributed by atoms with E-state index in [2.05, 4.69) is 35.3 Å². The molecule has 29 heavy (non-hydrogen) atoms. The van der Waals surface area contributed by atoms with E-state index in [0.717, 1.165) is 5.69 Å². The van der Waals surface area contributed by atoms with Gasteiger partial charge in [0, 0.05) is 11.3 Å². The van der Waals surface area contributed by atoms with E-state index in [-0.39, 0.29) is 23.0 Å². The number of nitrogens with two attached hydrogens (primary N) is 1. The van der Waals surface area contributed by atoms with Crippen molar-refractivity contribution < 1.29 is 14.3 Å². The zero-order valence-electron chi connectivity index (χ0n) is 15.7. The monoisotopic (exact) mass is 397 g/mol. The molecule has 0 saturated carbocycles. The zero-order valence-corrected chi connectivity index (χ0v) is 15.7. The lowest BCUT2D eigenvalue weighted by atomic mass is 10.2. The number of nitrogen functional groups attached to an aromatic ring is 1. The number of anilines is 2. The predicted molar refractivity (Wildman–Crippen MR) is 105 cm³/mol. The number of carbonyl (C=O) groups excluding carboxylic acids is 2. The number of hydrogen-bond acceptors (Lipinski definition) is 9. The highest BCUT2D eigenvalue weighted by atomic mass is 16.5. The summed E-state index contributed by atoms with van der Waals surface area (Å²) < 4.78 is 4.58. The number of carbonyl (C=O) groups is 2. The third-order valence-electron chi connectivity index (χ3n) is 4.01. The molecule has 0 aliphatic carbocycles. The smallest absolute Gasteiger partial charge is 0.328 e. The molecule has 2 aromatic heterocycles. The maximum atomic E-state index is 12.1. The van der Waals surface area contributed by atoms with Gasteiger partial charge in [-0.1, -0.05) is 0 Å². The topological polar surface area (TPSA) is 165 Å². The summed E-state index contributed by atoms with van der Waals surface area (Å²) in [6, 6.07) is 5.91. The SMILES string of the molecule is COC(=O)C(C)NC(=O)c1ccc(NCc2cnc3nc(N)[nH]c(=O)c3n2)cc1. The first kappa shape index (κ1) is 19.7. The molecule has 5 N–H and O–H groups in total. The van der Waals surface area contributed by atoms with Gasteiger partial charge in [0.05, 0.1) is 25.5 Å². The van der Waals surface area contributed by atoms with Crippen LogP contribution < -0.4 is 21.9 Å². The van der Waals surface area contributed by atoms with E-state index in [1.807, 2.05) is 0 Å². The van der Waals surface area contributed by atoms with Gasteiger partial charge in [-0.05, 0) is 31.2 Å². The minimum absolute atomic E-state index is 0.0206. The minimum atomic E-state index is -0.746. The third kappa shape index (κ3) is 4.64. The molecule has 1 amide bonds. The van der Waals surface area contributed by atoms with Crippen LogP contribution >= 0.6 is 0 Å². The molecule has 150 valence electrons. The Hall–Kier alpha value is -4.02. The van der Waals surface area contributed by atoms with Gasteiger partial charge in [0.25, 0.3) is 11.5 Å². The van der Waals surface area contributed by atoms with Crippen molar-refractivity contribution in [1.82, 2.24) is 25.3 Å². The van der Waals surface area contributed by atoms with Gasteiger partial charge in [-0.3, -0.25) is 14.6 Å². The first-order valence-corrected chi connectivity index (χ1v) is 8.61. The first-order valence-electron chi connectivity index (χ1n) is 8.61. The summed E-state index contributed by atoms with van der Waals surface area (Å²) in [5.41, 5.74) is 6.95. The molecular formula is C18H19N7O4. The van der Waals surface area contributed by atoms with Crippen LogP contribution in [0.1, 0.15) is 23.0 Å². The second kappa shape index (κ2) is 8.33. The van der Waals surface area contributed by atoms with E-state index in [0.29, 0.717) is 17.8 Å². The minimum Gasteiger partial charge on any atom is -0.467 e. The van der Waals surface area contributed by atoms with E-state index in [9.17, 15) is 14.4 Å². The number of aromatic amines is 1. The number of ether oxygens (including phenoxy) is 1. The summed E-state index contributed by atoms with van der Waals surface area (Å²) in [4.78, 5) is 50.1. The van der Waals surface area contributed by atoms with Crippen molar-refractivity contribution in [3.8, 4) is 0 Å². The molecule has 1 atom stereocenters. The number of fused-ring (bicyclic) bond motifs is 1. The fourth-order valence-corrected chi connectivity index (χ4v) is 2.50. The zero-order chi connectivity index (χ0) is 21.0. The summed E-state index contributed by atoms with van der Waals surface area (Å²) in [6.07, 6.45) is 1.50. The predicted octanol–water partition coefficient (Wildman–Crippen LogP) is 0.199. The van der Waals surface area contributed by atoms with Crippen molar-refractivity contribution >= 4 is 34.7 Å². The van der Waals surface area contributed by atoms with Gasteiger partial charge >= 0.3 is 5.97 Å². The molecule has 0 radical (unpaired) electrons. The van der Waals surface area contributed by atoms with Crippen molar-refractivity contribution in [3.63, 3.8) is 0 Å². The number of amides is 1. The number of hydrogen-bond donors (Lipinski definition) is 4. The Labute approximate surface area is 164 Å². The third-order valence-corrected chi connectivity index (χ3v) is 4.01. The fraction of sp³-hybridized carbons (Fsp3) is 0.222. The van der Waals surface area contributed by atoms with Crippen LogP contribution in [0, 0.1) is 0 Å². The number of benzene rings is 1. The molecule has 0 bridgehead atoms. The summed E-state index contributed by atoms with van der Waals surface area (Å²) in [6.45, 7) is 1.84. The van der Waals surface area contributed by atoms with Crippen LogP contribution in [-0.4, -0.2) is 45.0 Å². The van der Waals surface area contributed by atoms with Crippen molar-refractivity contribution in [3.05, 3.63) is 52.1 Å². The Kier molecular flexibility index (Phi) is 5.67. The number of H-pyrrole nitrogens is 1. The Morgan fingerprint density at radius 1 is 1.24 bits per heavy atom. The van der Waals surface area contributed by atoms with Crippen LogP contribution in [0.25, 0.3) is 11.2 Å². The Morgan fingerprint density at radius 3 is 2.66 bits per heavy atom. The number of aromatic nitrogens is 4. The van der Waals surface area contributed by atoms with Crippen molar-refractivity contribution in [2.45, 2.75) is 19.5 Å². The Balaban J connectivity index is 1.64. The van der Waals surface area contributed by atoms with Gasteiger partial charge in [-0.25, -0.2) is 14.8 Å². The molecule has 1 unspecified atom stereocenters. The maximum Gasteiger partial charge on any atom is 0.328 e. The largest absolute Gasteiger partial charge is 0.467 e. The molecule has 0 fully saturated rings. The van der Waals surface area contributed by atoms with E-state index >= 15 is 0 Å². The molecule has 3 rings (SSSR count). The van der Waals surface area contributed by atoms with Gasteiger partial charge in [0.15, 0.2) is 11.2 Å². The highest BCUT2D eigenvalue weighted by Gasteiger charge is 2.16. The van der Waals surface area contributed by atoms with Crippen molar-refractivity contribution in [2.75, 3.05) is 18.2 Å². The number of rotatable bonds is 6. The number of nitrogens with zero attached hydrogens (tertiary/aromatic N) is 3. The number of esters is 1. The van der Waals surface area contributed by atoms with Crippen LogP contribution in [0.4, 0.5) is 11.6 Å². The van der Waals surface area contributed by atoms with Crippen LogP contribution in [0.5, 0.6) is 0 Å². The van der Waals surface area contributed by atoms with Crippen LogP contribution in [0.2, 0.25) is 0 Å². The van der Waals surface area contributed by atoms with E-state index in [1.165, 1.54) is 13.3 Å². The molecule has 0 aliphatic rings. The standard InChI is InChI=1S/C18H19N7O4/c1-9(17(28)29-2)22-15(26)10-3-5-11(6-4-10)20-7-12-8-21-14-13(23-12)16(27)25-18(19)24-14/h3-6,8-9,20H,7H2,1-2H3,(H,22,26)(H3,19,21,24,25,27). The molecule has 1 aromatic carbocycles. The molecule has 3 aromatic rings. The average Bonchev–Trinajstić information content (AvgIpc) is 2.72. The molecule has 0 aliphatic heterocycles. The van der Waals surface area contributed by atoms with Crippen LogP contribution in [-0.2, 0) is 16.1 Å². The maximum absolute atomic E-state index is 12.1. The Morgan fingerprint density at radius 2 is 1.97 bits per heavy atom. The van der Waals surface area contributed by atoms with Crippen molar-refractivity contribution in [1.29, 1.82) is 0 Å². The lowest BCUT2D eigenvalue weighted by molar-refractivity contribution is -0.142. The second-order valence-corrected chi connectivity index (χ2v) is 6.13. The molecule has 11 nitrogen and oxygen atoms in total. The van der Waals surface area contributed by atoms with E-state index in [1.54, 1.807) is 31.2 Å². The van der Waals surface area contributed by atoms with E-state index in [4.69, 9.17) is 5.73 Å². The molecular weight excluding hydrogens is 378 g/mol. The number of methoxy groups -OCH3 is 1. The summed E-state index contributed by atoms with van der Waals surface area (Å²) in [5, 5.41) is 5.68. The van der Waals surface area contributed by atoms with Crippen molar-refractivity contribution in [2.24, 2.45) is 0 Å². The summed E-state index contributed by atoms with van der Waals surface area (Å²) in [7, 11) is 1.26.